The number of aryl methyl sites for hydroxylation is 2. The summed E-state index contributed by atoms with van der Waals surface area (Å²) in [6, 6.07) is 15.7. The molecule has 2 fully saturated rings. The van der Waals surface area contributed by atoms with Crippen LogP contribution in [0.25, 0.3) is 0 Å². The number of aromatic nitrogens is 2. The van der Waals surface area contributed by atoms with Gasteiger partial charge in [-0.1, -0.05) is 10.3 Å². The second-order valence-corrected chi connectivity index (χ2v) is 14.0. The number of nitrogens with one attached hydrogen (secondary N) is 2. The Morgan fingerprint density at radius 3 is 1.20 bits per heavy atom. The van der Waals surface area contributed by atoms with E-state index in [2.05, 4.69) is 29.7 Å². The van der Waals surface area contributed by atoms with Crippen molar-refractivity contribution in [2.75, 3.05) is 9.44 Å². The Morgan fingerprint density at radius 2 is 0.918 bits per heavy atom. The zero-order chi connectivity index (χ0) is 34.3. The smallest absolute Gasteiger partial charge is 0.263 e. The molecule has 15 heteroatoms. The monoisotopic (exact) mass is 740 g/mol. The number of anilines is 2. The molecule has 2 aliphatic rings. The van der Waals surface area contributed by atoms with Crippen molar-refractivity contribution in [2.24, 2.45) is 9.98 Å². The molecule has 0 unspecified atom stereocenters. The molecule has 0 aliphatic heterocycles. The summed E-state index contributed by atoms with van der Waals surface area (Å²) >= 11 is 0. The quantitative estimate of drug-likeness (QED) is 0.136. The first-order valence-electron chi connectivity index (χ1n) is 14.6. The number of hydrogen-bond acceptors (Lipinski definition) is 10. The van der Waals surface area contributed by atoms with Gasteiger partial charge in [-0.25, -0.2) is 16.8 Å². The Hall–Kier alpha value is -3.78. The van der Waals surface area contributed by atoms with Crippen molar-refractivity contribution < 1.29 is 43.0 Å². The molecule has 2 aliphatic carbocycles. The van der Waals surface area contributed by atoms with Crippen molar-refractivity contribution in [3.63, 3.8) is 0 Å². The molecule has 49 heavy (non-hydrogen) atoms. The number of hydrogen-bond donors (Lipinski definition) is 2. The minimum Gasteiger partial charge on any atom is -0.360 e. The fourth-order valence-electron chi connectivity index (χ4n) is 4.37. The fourth-order valence-corrected chi connectivity index (χ4v) is 6.34. The minimum absolute atomic E-state index is 0. The topological polar surface area (TPSA) is 169 Å². The molecular weight excluding hydrogens is 708 g/mol. The third kappa shape index (κ3) is 10.6. The van der Waals surface area contributed by atoms with Crippen LogP contribution in [0, 0.1) is 77.0 Å². The average molecular weight is 741 g/mol. The minimum atomic E-state index is -3.71. The van der Waals surface area contributed by atoms with Crippen molar-refractivity contribution in [3.8, 4) is 0 Å². The Morgan fingerprint density at radius 1 is 0.592 bits per heavy atom. The average Bonchev–Trinajstić information content (AvgIpc) is 3.88. The van der Waals surface area contributed by atoms with E-state index in [1.807, 2.05) is 65.2 Å². The zero-order valence-corrected chi connectivity index (χ0v) is 29.5. The van der Waals surface area contributed by atoms with E-state index in [1.165, 1.54) is 36.4 Å². The van der Waals surface area contributed by atoms with E-state index in [0.29, 0.717) is 22.9 Å². The van der Waals surface area contributed by atoms with Crippen LogP contribution in [0.4, 0.5) is 23.0 Å². The predicted molar refractivity (Wildman–Crippen MR) is 183 cm³/mol. The Bertz CT molecular complexity index is 1820. The summed E-state index contributed by atoms with van der Waals surface area (Å²) in [6.07, 6.45) is 15.7. The van der Waals surface area contributed by atoms with Gasteiger partial charge in [0.1, 0.15) is 11.5 Å². The molecule has 6 rings (SSSR count). The van der Waals surface area contributed by atoms with Crippen LogP contribution in [0.5, 0.6) is 0 Å². The Labute approximate surface area is 298 Å². The molecule has 0 amide bonds. The molecular formula is C34H32FeN6O6S2. The van der Waals surface area contributed by atoms with E-state index in [0.717, 1.165) is 23.3 Å². The van der Waals surface area contributed by atoms with Crippen LogP contribution in [0.3, 0.4) is 0 Å². The summed E-state index contributed by atoms with van der Waals surface area (Å²) in [5, 5.41) is 7.25. The van der Waals surface area contributed by atoms with Gasteiger partial charge in [0.25, 0.3) is 20.0 Å². The molecule has 4 aromatic rings. The summed E-state index contributed by atoms with van der Waals surface area (Å²) < 4.78 is 63.6. The first-order chi connectivity index (χ1) is 22.9. The van der Waals surface area contributed by atoms with Crippen molar-refractivity contribution in [1.82, 2.24) is 10.3 Å². The zero-order valence-electron chi connectivity index (χ0n) is 26.8. The van der Waals surface area contributed by atoms with Crippen LogP contribution >= 0.6 is 0 Å². The van der Waals surface area contributed by atoms with E-state index >= 15 is 0 Å². The van der Waals surface area contributed by atoms with Crippen LogP contribution < -0.4 is 9.44 Å². The van der Waals surface area contributed by atoms with E-state index < -0.39 is 20.0 Å². The van der Waals surface area contributed by atoms with E-state index in [1.54, 1.807) is 38.1 Å². The van der Waals surface area contributed by atoms with Crippen LogP contribution in [0.15, 0.2) is 89.5 Å². The van der Waals surface area contributed by atoms with Crippen molar-refractivity contribution in [3.05, 3.63) is 135 Å². The fraction of sp³-hybridized carbons (Fsp3) is 0.118. The van der Waals surface area contributed by atoms with Gasteiger partial charge in [-0.2, -0.15) is 0 Å². The molecule has 0 bridgehead atoms. The molecule has 2 aromatic carbocycles. The van der Waals surface area contributed by atoms with E-state index in [9.17, 15) is 16.8 Å². The standard InChI is InChI=1S/2C17H16N3O3S.Fe/c2*1-12-11-17(19-23-12)20-24(21,22)16-9-7-15(8-10-16)18-13(2)14-5-3-4-6-14;/h2*3-11H,1-2H3,(H,19,20);. The summed E-state index contributed by atoms with van der Waals surface area (Å²) in [5.41, 5.74) is 3.11. The molecule has 2 saturated carbocycles. The van der Waals surface area contributed by atoms with Gasteiger partial charge in [-0.3, -0.25) is 19.4 Å². The van der Waals surface area contributed by atoms with Crippen LogP contribution in [-0.2, 0) is 37.1 Å². The van der Waals surface area contributed by atoms with Gasteiger partial charge >= 0.3 is 0 Å². The molecule has 10 radical (unpaired) electrons. The van der Waals surface area contributed by atoms with Crippen molar-refractivity contribution in [1.29, 1.82) is 0 Å². The Balaban J connectivity index is 0.000000216. The number of nitrogens with zero attached hydrogens (tertiary/aromatic N) is 4. The third-order valence-electron chi connectivity index (χ3n) is 6.78. The first kappa shape index (κ1) is 38.0. The maximum absolute atomic E-state index is 12.3. The summed E-state index contributed by atoms with van der Waals surface area (Å²) in [5.74, 6) is 3.44. The number of aliphatic imine (C=N–C) groups is 2. The van der Waals surface area contributed by atoms with Crippen molar-refractivity contribution >= 4 is 54.5 Å². The molecule has 2 heterocycles. The Kier molecular flexibility index (Phi) is 13.0. The predicted octanol–water partition coefficient (Wildman–Crippen LogP) is 6.56. The SMILES string of the molecule is CC(=Nc1ccc(S(=O)(=O)Nc2cc(C)on2)cc1)[C]1[CH][CH][CH][CH]1.CC(=Nc1ccc(S(=O)(=O)Nc2cc(C)on2)cc1)[C]1[CH][CH][CH][CH]1.[Fe]. The van der Waals surface area contributed by atoms with Crippen LogP contribution in [0.2, 0.25) is 0 Å². The molecule has 0 saturated heterocycles. The molecule has 254 valence electrons. The van der Waals surface area contributed by atoms with Gasteiger partial charge in [0, 0.05) is 52.5 Å². The summed E-state index contributed by atoms with van der Waals surface area (Å²) in [6.45, 7) is 7.20. The van der Waals surface area contributed by atoms with Crippen LogP contribution in [0.1, 0.15) is 25.4 Å². The molecule has 2 N–H and O–H groups in total. The van der Waals surface area contributed by atoms with Gasteiger partial charge in [0.05, 0.1) is 21.2 Å². The number of rotatable bonds is 10. The summed E-state index contributed by atoms with van der Waals surface area (Å²) in [7, 11) is -7.42. The van der Waals surface area contributed by atoms with E-state index in [-0.39, 0.29) is 38.5 Å². The maximum atomic E-state index is 12.3. The maximum Gasteiger partial charge on any atom is 0.263 e. The van der Waals surface area contributed by atoms with Crippen molar-refractivity contribution in [2.45, 2.75) is 37.5 Å². The van der Waals surface area contributed by atoms with Gasteiger partial charge in [0.2, 0.25) is 0 Å². The van der Waals surface area contributed by atoms with Gasteiger partial charge in [0.15, 0.2) is 11.6 Å². The van der Waals surface area contributed by atoms with Gasteiger partial charge in [-0.15, -0.1) is 0 Å². The molecule has 0 atom stereocenters. The first-order valence-corrected chi connectivity index (χ1v) is 17.5. The normalized spacial score (nSPS) is 16.2. The van der Waals surface area contributed by atoms with Gasteiger partial charge < -0.3 is 9.05 Å². The molecule has 2 aromatic heterocycles. The largest absolute Gasteiger partial charge is 0.360 e. The summed E-state index contributed by atoms with van der Waals surface area (Å²) in [4.78, 5) is 9.24. The number of sulfonamides is 2. The number of benzene rings is 2. The van der Waals surface area contributed by atoms with Crippen LogP contribution in [-0.4, -0.2) is 38.6 Å². The third-order valence-corrected chi connectivity index (χ3v) is 9.52. The second-order valence-electron chi connectivity index (χ2n) is 10.6. The van der Waals surface area contributed by atoms with E-state index in [4.69, 9.17) is 9.05 Å². The molecule has 0 spiro atoms. The van der Waals surface area contributed by atoms with Gasteiger partial charge in [-0.05, 0) is 128 Å². The second kappa shape index (κ2) is 16.8. The molecule has 12 nitrogen and oxygen atoms in total.